The second-order valence-corrected chi connectivity index (χ2v) is 6.00. The van der Waals surface area contributed by atoms with Gasteiger partial charge in [0.25, 0.3) is 0 Å². The molecule has 0 spiro atoms. The van der Waals surface area contributed by atoms with Gasteiger partial charge in [-0.3, -0.25) is 0 Å². The largest absolute Gasteiger partial charge is 0.397 e. The van der Waals surface area contributed by atoms with Gasteiger partial charge in [0.15, 0.2) is 0 Å². The van der Waals surface area contributed by atoms with Crippen LogP contribution in [0.1, 0.15) is 58.3 Å². The summed E-state index contributed by atoms with van der Waals surface area (Å²) in [5.41, 5.74) is 0. The molecule has 26 heavy (non-hydrogen) atoms. The van der Waals surface area contributed by atoms with E-state index < -0.39 is 6.10 Å². The molecular weight excluding hydrogens is 340 g/mol. The first-order chi connectivity index (χ1) is 12.7. The Labute approximate surface area is 159 Å². The molecule has 0 radical (unpaired) electrons. The summed E-state index contributed by atoms with van der Waals surface area (Å²) in [6, 6.07) is 0. The molecule has 160 valence electrons. The van der Waals surface area contributed by atoms with Crippen LogP contribution in [-0.2, 0) is 14.2 Å². The number of ether oxygens (including phenoxy) is 3. The van der Waals surface area contributed by atoms with Gasteiger partial charge in [-0.05, 0) is 58.3 Å². The number of aliphatic hydroxyl groups is 4. The average Bonchev–Trinajstić information content (AvgIpc) is 3.32. The smallest absolute Gasteiger partial charge is 0.100 e. The molecule has 3 aliphatic heterocycles. The fraction of sp³-hybridized carbons (Fsp3) is 1.00. The van der Waals surface area contributed by atoms with Crippen LogP contribution in [0.15, 0.2) is 0 Å². The van der Waals surface area contributed by atoms with Gasteiger partial charge in [0, 0.05) is 46.2 Å². The van der Waals surface area contributed by atoms with Gasteiger partial charge in [-0.2, -0.15) is 0 Å². The maximum Gasteiger partial charge on any atom is 0.100 e. The Morgan fingerprint density at radius 2 is 0.808 bits per heavy atom. The van der Waals surface area contributed by atoms with E-state index in [1.54, 1.807) is 6.92 Å². The standard InChI is InChI=1S/2C5H10O.C4H8O.C3H8O3.C2H6O/c2*1-2-4-6-5-3-1;1-2-4-5-3-1;4-1-3(6)2-5;1-2-3/h2*1-5H2;1-4H2;3-6H,1-2H2;3H,2H2,1H3. The number of rotatable bonds is 2. The van der Waals surface area contributed by atoms with E-state index in [2.05, 4.69) is 0 Å². The first-order valence-electron chi connectivity index (χ1n) is 9.96. The molecule has 0 aliphatic carbocycles. The minimum atomic E-state index is -0.954. The van der Waals surface area contributed by atoms with Crippen molar-refractivity contribution < 1.29 is 34.6 Å². The van der Waals surface area contributed by atoms with Crippen molar-refractivity contribution in [2.75, 3.05) is 59.5 Å². The third-order valence-corrected chi connectivity index (χ3v) is 3.40. The van der Waals surface area contributed by atoms with E-state index in [1.807, 2.05) is 0 Å². The minimum Gasteiger partial charge on any atom is -0.397 e. The van der Waals surface area contributed by atoms with Gasteiger partial charge in [0.2, 0.25) is 0 Å². The highest BCUT2D eigenvalue weighted by molar-refractivity contribution is 4.46. The molecule has 0 unspecified atom stereocenters. The van der Waals surface area contributed by atoms with Crippen molar-refractivity contribution in [1.29, 1.82) is 0 Å². The Balaban J connectivity index is 0. The molecule has 0 aromatic carbocycles. The fourth-order valence-corrected chi connectivity index (χ4v) is 1.94. The van der Waals surface area contributed by atoms with Crippen LogP contribution in [0, 0.1) is 0 Å². The first kappa shape index (κ1) is 27.9. The van der Waals surface area contributed by atoms with E-state index in [0.717, 1.165) is 39.6 Å². The molecular formula is C19H42O7. The molecule has 3 aliphatic rings. The summed E-state index contributed by atoms with van der Waals surface area (Å²) in [5.74, 6) is 0. The van der Waals surface area contributed by atoms with Crippen molar-refractivity contribution in [3.8, 4) is 0 Å². The van der Waals surface area contributed by atoms with Crippen LogP contribution in [0.2, 0.25) is 0 Å². The van der Waals surface area contributed by atoms with E-state index in [9.17, 15) is 0 Å². The average molecular weight is 383 g/mol. The molecule has 0 atom stereocenters. The quantitative estimate of drug-likeness (QED) is 0.573. The van der Waals surface area contributed by atoms with E-state index in [4.69, 9.17) is 34.6 Å². The van der Waals surface area contributed by atoms with Crippen molar-refractivity contribution in [3.63, 3.8) is 0 Å². The molecule has 3 heterocycles. The molecule has 7 nitrogen and oxygen atoms in total. The summed E-state index contributed by atoms with van der Waals surface area (Å²) in [5, 5.41) is 31.6. The highest BCUT2D eigenvalue weighted by Gasteiger charge is 1.96. The molecule has 4 N–H and O–H groups in total. The normalized spacial score (nSPS) is 18.7. The van der Waals surface area contributed by atoms with Gasteiger partial charge in [0.05, 0.1) is 13.2 Å². The Morgan fingerprint density at radius 3 is 0.885 bits per heavy atom. The molecule has 7 heteroatoms. The molecule has 3 fully saturated rings. The van der Waals surface area contributed by atoms with Crippen LogP contribution in [0.3, 0.4) is 0 Å². The second-order valence-electron chi connectivity index (χ2n) is 6.00. The Morgan fingerprint density at radius 1 is 0.577 bits per heavy atom. The summed E-state index contributed by atoms with van der Waals surface area (Å²) < 4.78 is 15.1. The van der Waals surface area contributed by atoms with E-state index >= 15 is 0 Å². The van der Waals surface area contributed by atoms with Crippen LogP contribution in [-0.4, -0.2) is 86.0 Å². The van der Waals surface area contributed by atoms with Crippen molar-refractivity contribution in [2.45, 2.75) is 64.4 Å². The lowest BCUT2D eigenvalue weighted by molar-refractivity contribution is 0.0450. The highest BCUT2D eigenvalue weighted by atomic mass is 16.5. The minimum absolute atomic E-state index is 0.250. The third-order valence-electron chi connectivity index (χ3n) is 3.40. The predicted molar refractivity (Wildman–Crippen MR) is 102 cm³/mol. The first-order valence-corrected chi connectivity index (χ1v) is 9.96. The zero-order valence-electron chi connectivity index (χ0n) is 16.6. The maximum absolute atomic E-state index is 8.17. The lowest BCUT2D eigenvalue weighted by Crippen LogP contribution is -2.15. The lowest BCUT2D eigenvalue weighted by atomic mass is 10.2. The monoisotopic (exact) mass is 382 g/mol. The fourth-order valence-electron chi connectivity index (χ4n) is 1.94. The number of hydrogen-bond acceptors (Lipinski definition) is 7. The van der Waals surface area contributed by atoms with Crippen LogP contribution in [0.25, 0.3) is 0 Å². The van der Waals surface area contributed by atoms with Crippen molar-refractivity contribution >= 4 is 0 Å². The molecule has 0 aromatic heterocycles. The molecule has 0 amide bonds. The summed E-state index contributed by atoms with van der Waals surface area (Å²) in [6.45, 7) is 7.20. The Bertz CT molecular complexity index is 171. The van der Waals surface area contributed by atoms with Gasteiger partial charge in [-0.1, -0.05) is 0 Å². The Kier molecular flexibility index (Phi) is 28.9. The maximum atomic E-state index is 8.17. The van der Waals surface area contributed by atoms with Crippen LogP contribution in [0.5, 0.6) is 0 Å². The molecule has 3 saturated heterocycles. The third kappa shape index (κ3) is 28.5. The lowest BCUT2D eigenvalue weighted by Gasteiger charge is -2.08. The molecule has 3 rings (SSSR count). The topological polar surface area (TPSA) is 109 Å². The molecule has 0 bridgehead atoms. The second kappa shape index (κ2) is 26.9. The van der Waals surface area contributed by atoms with E-state index in [-0.39, 0.29) is 19.8 Å². The van der Waals surface area contributed by atoms with Gasteiger partial charge in [-0.25, -0.2) is 0 Å². The molecule has 0 aromatic rings. The summed E-state index contributed by atoms with van der Waals surface area (Å²) >= 11 is 0. The molecule has 0 saturated carbocycles. The van der Waals surface area contributed by atoms with Crippen LogP contribution in [0.4, 0.5) is 0 Å². The van der Waals surface area contributed by atoms with Gasteiger partial charge < -0.3 is 34.6 Å². The summed E-state index contributed by atoms with van der Waals surface area (Å²) in [7, 11) is 0. The van der Waals surface area contributed by atoms with E-state index in [0.29, 0.717) is 0 Å². The Hall–Kier alpha value is -0.280. The van der Waals surface area contributed by atoms with Gasteiger partial charge in [-0.15, -0.1) is 0 Å². The highest BCUT2D eigenvalue weighted by Crippen LogP contribution is 2.02. The summed E-state index contributed by atoms with van der Waals surface area (Å²) in [6.07, 6.45) is 9.46. The van der Waals surface area contributed by atoms with Crippen molar-refractivity contribution in [2.24, 2.45) is 0 Å². The predicted octanol–water partition coefficient (Wildman–Crippen LogP) is 1.50. The van der Waals surface area contributed by atoms with Crippen LogP contribution < -0.4 is 0 Å². The number of aliphatic hydroxyl groups excluding tert-OH is 4. The van der Waals surface area contributed by atoms with Crippen LogP contribution >= 0.6 is 0 Å². The number of hydrogen-bond donors (Lipinski definition) is 4. The van der Waals surface area contributed by atoms with Crippen molar-refractivity contribution in [1.82, 2.24) is 0 Å². The zero-order chi connectivity index (χ0) is 19.7. The summed E-state index contributed by atoms with van der Waals surface area (Å²) in [4.78, 5) is 0. The SMILES string of the molecule is C1CCOC1.C1CCOCC1.C1CCOCC1.CCO.OCC(O)CO. The van der Waals surface area contributed by atoms with E-state index in [1.165, 1.54) is 51.4 Å². The zero-order valence-corrected chi connectivity index (χ0v) is 16.6. The van der Waals surface area contributed by atoms with Crippen molar-refractivity contribution in [3.05, 3.63) is 0 Å². The van der Waals surface area contributed by atoms with Gasteiger partial charge >= 0.3 is 0 Å². The van der Waals surface area contributed by atoms with Gasteiger partial charge in [0.1, 0.15) is 6.10 Å².